The topological polar surface area (TPSA) is 72.7 Å². The van der Waals surface area contributed by atoms with Gasteiger partial charge in [0.15, 0.2) is 5.17 Å². The Bertz CT molecular complexity index is 1180. The SMILES string of the molecule is CCOC(=O)Cn1cc(/C=C2/SC(=Nc3ccc(F)cc3)NC2=O)c2ccccc21. The van der Waals surface area contributed by atoms with Crippen molar-refractivity contribution in [3.63, 3.8) is 0 Å². The molecular formula is C22H18FN3O3S. The second-order valence-electron chi connectivity index (χ2n) is 6.49. The van der Waals surface area contributed by atoms with Gasteiger partial charge in [0.2, 0.25) is 0 Å². The molecule has 1 N–H and O–H groups in total. The quantitative estimate of drug-likeness (QED) is 0.492. The first-order chi connectivity index (χ1) is 14.5. The fraction of sp³-hybridized carbons (Fsp3) is 0.136. The first kappa shape index (κ1) is 19.9. The number of para-hydroxylation sites is 1. The summed E-state index contributed by atoms with van der Waals surface area (Å²) >= 11 is 1.21. The molecule has 3 aromatic rings. The third-order valence-corrected chi connectivity index (χ3v) is 5.33. The number of amidine groups is 1. The predicted octanol–water partition coefficient (Wildman–Crippen LogP) is 4.24. The highest BCUT2D eigenvalue weighted by Crippen LogP contribution is 2.31. The number of amides is 1. The molecule has 1 amide bonds. The molecule has 0 bridgehead atoms. The second-order valence-corrected chi connectivity index (χ2v) is 7.52. The van der Waals surface area contributed by atoms with Crippen LogP contribution < -0.4 is 5.32 Å². The molecule has 1 aliphatic heterocycles. The van der Waals surface area contributed by atoms with Crippen molar-refractivity contribution in [1.82, 2.24) is 9.88 Å². The van der Waals surface area contributed by atoms with Gasteiger partial charge in [0.1, 0.15) is 12.4 Å². The highest BCUT2D eigenvalue weighted by molar-refractivity contribution is 8.18. The van der Waals surface area contributed by atoms with E-state index in [1.807, 2.05) is 35.0 Å². The lowest BCUT2D eigenvalue weighted by Gasteiger charge is -2.04. The molecule has 0 radical (unpaired) electrons. The van der Waals surface area contributed by atoms with Crippen molar-refractivity contribution >= 4 is 51.5 Å². The van der Waals surface area contributed by atoms with Gasteiger partial charge in [-0.2, -0.15) is 0 Å². The van der Waals surface area contributed by atoms with E-state index in [2.05, 4.69) is 10.3 Å². The molecule has 1 saturated heterocycles. The van der Waals surface area contributed by atoms with Crippen molar-refractivity contribution < 1.29 is 18.7 Å². The molecule has 0 aliphatic carbocycles. The predicted molar refractivity (Wildman–Crippen MR) is 116 cm³/mol. The Morgan fingerprint density at radius 3 is 2.77 bits per heavy atom. The molecule has 30 heavy (non-hydrogen) atoms. The van der Waals surface area contributed by atoms with Gasteiger partial charge in [-0.05, 0) is 55.1 Å². The van der Waals surface area contributed by atoms with Crippen molar-refractivity contribution in [2.24, 2.45) is 4.99 Å². The lowest BCUT2D eigenvalue weighted by molar-refractivity contribution is -0.143. The van der Waals surface area contributed by atoms with Crippen LogP contribution in [0.5, 0.6) is 0 Å². The standard InChI is InChI=1S/C22H18FN3O3S/c1-2-29-20(27)13-26-12-14(17-5-3-4-6-18(17)26)11-19-21(28)25-22(30-19)24-16-9-7-15(23)8-10-16/h3-12H,2,13H2,1H3,(H,24,25,28)/b19-11+. The van der Waals surface area contributed by atoms with E-state index in [9.17, 15) is 14.0 Å². The van der Waals surface area contributed by atoms with Gasteiger partial charge in [-0.25, -0.2) is 9.38 Å². The van der Waals surface area contributed by atoms with Gasteiger partial charge in [-0.15, -0.1) is 0 Å². The number of carbonyl (C=O) groups is 2. The summed E-state index contributed by atoms with van der Waals surface area (Å²) in [5.74, 6) is -0.927. The molecule has 2 aromatic carbocycles. The average molecular weight is 423 g/mol. The summed E-state index contributed by atoms with van der Waals surface area (Å²) < 4.78 is 19.9. The van der Waals surface area contributed by atoms with Gasteiger partial charge in [0.05, 0.1) is 17.2 Å². The van der Waals surface area contributed by atoms with Gasteiger partial charge < -0.3 is 14.6 Å². The van der Waals surface area contributed by atoms with Crippen LogP contribution in [0.1, 0.15) is 12.5 Å². The molecule has 4 rings (SSSR count). The van der Waals surface area contributed by atoms with Crippen LogP contribution in [0.25, 0.3) is 17.0 Å². The number of esters is 1. The van der Waals surface area contributed by atoms with Gasteiger partial charge >= 0.3 is 5.97 Å². The summed E-state index contributed by atoms with van der Waals surface area (Å²) in [4.78, 5) is 29.2. The van der Waals surface area contributed by atoms with E-state index in [1.54, 1.807) is 25.1 Å². The van der Waals surface area contributed by atoms with E-state index in [-0.39, 0.29) is 24.2 Å². The summed E-state index contributed by atoms with van der Waals surface area (Å²) in [6.07, 6.45) is 3.61. The highest BCUT2D eigenvalue weighted by atomic mass is 32.2. The highest BCUT2D eigenvalue weighted by Gasteiger charge is 2.24. The number of hydrogen-bond donors (Lipinski definition) is 1. The Hall–Kier alpha value is -3.39. The Labute approximate surface area is 176 Å². The van der Waals surface area contributed by atoms with E-state index in [4.69, 9.17) is 4.74 Å². The lowest BCUT2D eigenvalue weighted by atomic mass is 10.1. The molecule has 8 heteroatoms. The van der Waals surface area contributed by atoms with Gasteiger partial charge in [-0.3, -0.25) is 9.59 Å². The molecule has 0 unspecified atom stereocenters. The Balaban J connectivity index is 1.63. The number of aromatic nitrogens is 1. The number of rotatable bonds is 5. The van der Waals surface area contributed by atoms with E-state index in [0.29, 0.717) is 22.4 Å². The normalized spacial score (nSPS) is 16.4. The maximum atomic E-state index is 13.1. The number of aliphatic imine (C=N–C) groups is 1. The minimum absolute atomic E-state index is 0.0914. The number of carbonyl (C=O) groups excluding carboxylic acids is 2. The van der Waals surface area contributed by atoms with E-state index < -0.39 is 0 Å². The van der Waals surface area contributed by atoms with Crippen LogP contribution in [0.2, 0.25) is 0 Å². The van der Waals surface area contributed by atoms with Crippen LogP contribution in [-0.4, -0.2) is 28.2 Å². The smallest absolute Gasteiger partial charge is 0.325 e. The zero-order valence-electron chi connectivity index (χ0n) is 16.1. The van der Waals surface area contributed by atoms with Crippen LogP contribution in [-0.2, 0) is 20.9 Å². The minimum Gasteiger partial charge on any atom is -0.465 e. The number of nitrogens with zero attached hydrogens (tertiary/aromatic N) is 2. The average Bonchev–Trinajstić information content (AvgIpc) is 3.24. The molecule has 0 atom stereocenters. The Morgan fingerprint density at radius 2 is 2.00 bits per heavy atom. The minimum atomic E-state index is -0.346. The van der Waals surface area contributed by atoms with Crippen LogP contribution in [0, 0.1) is 5.82 Å². The fourth-order valence-corrected chi connectivity index (χ4v) is 3.95. The third-order valence-electron chi connectivity index (χ3n) is 4.42. The number of hydrogen-bond acceptors (Lipinski definition) is 5. The number of benzene rings is 2. The molecule has 1 aromatic heterocycles. The summed E-state index contributed by atoms with van der Waals surface area (Å²) in [5.41, 5.74) is 2.24. The van der Waals surface area contributed by atoms with E-state index in [1.165, 1.54) is 23.9 Å². The van der Waals surface area contributed by atoms with Crippen molar-refractivity contribution in [2.45, 2.75) is 13.5 Å². The molecular weight excluding hydrogens is 405 g/mol. The van der Waals surface area contributed by atoms with Gasteiger partial charge in [0.25, 0.3) is 5.91 Å². The molecule has 1 fully saturated rings. The van der Waals surface area contributed by atoms with Crippen LogP contribution in [0.15, 0.2) is 64.6 Å². The molecule has 0 spiro atoms. The molecule has 2 heterocycles. The second kappa shape index (κ2) is 8.54. The van der Waals surface area contributed by atoms with Crippen molar-refractivity contribution in [3.8, 4) is 0 Å². The number of fused-ring (bicyclic) bond motifs is 1. The van der Waals surface area contributed by atoms with E-state index >= 15 is 0 Å². The molecule has 1 aliphatic rings. The largest absolute Gasteiger partial charge is 0.465 e. The lowest BCUT2D eigenvalue weighted by Crippen LogP contribution is -2.19. The maximum Gasteiger partial charge on any atom is 0.325 e. The zero-order chi connectivity index (χ0) is 21.1. The first-order valence-electron chi connectivity index (χ1n) is 9.32. The fourth-order valence-electron chi connectivity index (χ4n) is 3.12. The molecule has 152 valence electrons. The van der Waals surface area contributed by atoms with Crippen molar-refractivity contribution in [3.05, 3.63) is 71.0 Å². The first-order valence-corrected chi connectivity index (χ1v) is 10.1. The number of ether oxygens (including phenoxy) is 1. The monoisotopic (exact) mass is 423 g/mol. The number of thioether (sulfide) groups is 1. The molecule has 0 saturated carbocycles. The summed E-state index contributed by atoms with van der Waals surface area (Å²) in [6, 6.07) is 13.4. The molecule has 6 nitrogen and oxygen atoms in total. The maximum absolute atomic E-state index is 13.1. The van der Waals surface area contributed by atoms with Crippen molar-refractivity contribution in [1.29, 1.82) is 0 Å². The summed E-state index contributed by atoms with van der Waals surface area (Å²) in [6.45, 7) is 2.18. The third kappa shape index (κ3) is 4.28. The summed E-state index contributed by atoms with van der Waals surface area (Å²) in [5, 5.41) is 4.07. The van der Waals surface area contributed by atoms with Gasteiger partial charge in [0, 0.05) is 22.7 Å². The van der Waals surface area contributed by atoms with E-state index in [0.717, 1.165) is 16.5 Å². The number of nitrogens with one attached hydrogen (secondary N) is 1. The summed E-state index contributed by atoms with van der Waals surface area (Å²) in [7, 11) is 0. The van der Waals surface area contributed by atoms with Crippen LogP contribution in [0.4, 0.5) is 10.1 Å². The Morgan fingerprint density at radius 1 is 1.23 bits per heavy atom. The van der Waals surface area contributed by atoms with Crippen molar-refractivity contribution in [2.75, 3.05) is 6.61 Å². The van der Waals surface area contributed by atoms with Crippen LogP contribution >= 0.6 is 11.8 Å². The Kier molecular flexibility index (Phi) is 5.67. The zero-order valence-corrected chi connectivity index (χ0v) is 16.9. The van der Waals surface area contributed by atoms with Gasteiger partial charge in [-0.1, -0.05) is 18.2 Å². The van der Waals surface area contributed by atoms with Crippen LogP contribution in [0.3, 0.4) is 0 Å². The number of halogens is 1.